The molecule has 1 amide bonds. The van der Waals surface area contributed by atoms with Crippen LogP contribution < -0.4 is 4.90 Å². The number of piperazine rings is 1. The molecular weight excluding hydrogens is 336 g/mol. The molecule has 2 heterocycles. The summed E-state index contributed by atoms with van der Waals surface area (Å²) in [7, 11) is 1.79. The minimum absolute atomic E-state index is 0.0169. The molecule has 1 aliphatic heterocycles. The van der Waals surface area contributed by atoms with E-state index in [2.05, 4.69) is 41.2 Å². The van der Waals surface area contributed by atoms with Crippen molar-refractivity contribution in [1.82, 2.24) is 14.7 Å². The predicted molar refractivity (Wildman–Crippen MR) is 102 cm³/mol. The summed E-state index contributed by atoms with van der Waals surface area (Å²) in [6, 6.07) is 8.48. The quantitative estimate of drug-likeness (QED) is 0.792. The van der Waals surface area contributed by atoms with Crippen LogP contribution in [-0.4, -0.2) is 46.8 Å². The summed E-state index contributed by atoms with van der Waals surface area (Å²) in [4.78, 5) is 16.6. The third-order valence-electron chi connectivity index (χ3n) is 4.55. The average Bonchev–Trinajstić information content (AvgIpc) is 2.85. The van der Waals surface area contributed by atoms with Gasteiger partial charge in [-0.05, 0) is 37.6 Å². The lowest BCUT2D eigenvalue weighted by molar-refractivity contribution is -0.126. The monoisotopic (exact) mass is 358 g/mol. The summed E-state index contributed by atoms with van der Waals surface area (Å²) in [5, 5.41) is 4.80. The molecule has 0 bridgehead atoms. The minimum Gasteiger partial charge on any atom is -0.368 e. The second-order valence-corrected chi connectivity index (χ2v) is 6.76. The zero-order chi connectivity index (χ0) is 18.0. The summed E-state index contributed by atoms with van der Waals surface area (Å²) < 4.78 is 1.61. The molecule has 1 aromatic carbocycles. The number of halogens is 1. The van der Waals surface area contributed by atoms with E-state index in [1.165, 1.54) is 11.3 Å². The number of anilines is 1. The maximum atomic E-state index is 12.4. The lowest BCUT2D eigenvalue weighted by atomic mass is 10.2. The molecule has 1 fully saturated rings. The number of aromatic nitrogens is 2. The summed E-state index contributed by atoms with van der Waals surface area (Å²) in [6.07, 6.45) is 3.36. The molecule has 0 radical (unpaired) electrons. The van der Waals surface area contributed by atoms with Crippen molar-refractivity contribution in [3.8, 4) is 0 Å². The number of carbonyl (C=O) groups excluding carboxylic acids is 1. The first-order valence-corrected chi connectivity index (χ1v) is 8.81. The second kappa shape index (κ2) is 7.31. The summed E-state index contributed by atoms with van der Waals surface area (Å²) in [5.41, 5.74) is 4.10. The van der Waals surface area contributed by atoms with E-state index in [0.29, 0.717) is 5.15 Å². The van der Waals surface area contributed by atoms with Gasteiger partial charge >= 0.3 is 0 Å². The van der Waals surface area contributed by atoms with E-state index in [1.54, 1.807) is 23.9 Å². The van der Waals surface area contributed by atoms with Gasteiger partial charge in [0.25, 0.3) is 0 Å². The molecule has 2 aromatic rings. The van der Waals surface area contributed by atoms with Crippen molar-refractivity contribution in [2.45, 2.75) is 13.8 Å². The second-order valence-electron chi connectivity index (χ2n) is 6.40. The van der Waals surface area contributed by atoms with E-state index < -0.39 is 0 Å². The lowest BCUT2D eigenvalue weighted by Gasteiger charge is -2.35. The van der Waals surface area contributed by atoms with Crippen LogP contribution in [-0.2, 0) is 11.8 Å². The molecular formula is C19H23ClN4O. The van der Waals surface area contributed by atoms with Gasteiger partial charge < -0.3 is 9.80 Å². The molecule has 6 heteroatoms. The fourth-order valence-electron chi connectivity index (χ4n) is 3.11. The van der Waals surface area contributed by atoms with E-state index >= 15 is 0 Å². The van der Waals surface area contributed by atoms with Gasteiger partial charge in [-0.2, -0.15) is 5.10 Å². The van der Waals surface area contributed by atoms with E-state index in [-0.39, 0.29) is 5.91 Å². The number of hydrogen-bond donors (Lipinski definition) is 0. The Labute approximate surface area is 153 Å². The Hall–Kier alpha value is -2.27. The Morgan fingerprint density at radius 3 is 2.52 bits per heavy atom. The molecule has 1 aromatic heterocycles. The van der Waals surface area contributed by atoms with Crippen LogP contribution >= 0.6 is 11.6 Å². The Morgan fingerprint density at radius 2 is 1.92 bits per heavy atom. The van der Waals surface area contributed by atoms with Crippen molar-refractivity contribution in [3.63, 3.8) is 0 Å². The van der Waals surface area contributed by atoms with Gasteiger partial charge in [0.2, 0.25) is 5.91 Å². The first kappa shape index (κ1) is 17.5. The van der Waals surface area contributed by atoms with E-state index in [4.69, 9.17) is 11.6 Å². The summed E-state index contributed by atoms with van der Waals surface area (Å²) >= 11 is 6.20. The largest absolute Gasteiger partial charge is 0.368 e. The molecule has 5 nitrogen and oxygen atoms in total. The average molecular weight is 359 g/mol. The zero-order valence-corrected chi connectivity index (χ0v) is 15.6. The number of nitrogens with zero attached hydrogens (tertiary/aromatic N) is 4. The number of aryl methyl sites for hydroxylation is 3. The first-order valence-electron chi connectivity index (χ1n) is 8.43. The number of benzene rings is 1. The topological polar surface area (TPSA) is 41.4 Å². The highest BCUT2D eigenvalue weighted by Crippen LogP contribution is 2.21. The maximum Gasteiger partial charge on any atom is 0.246 e. The molecule has 0 saturated carbocycles. The van der Waals surface area contributed by atoms with Gasteiger partial charge in [-0.25, -0.2) is 0 Å². The van der Waals surface area contributed by atoms with E-state index in [0.717, 1.165) is 37.4 Å². The summed E-state index contributed by atoms with van der Waals surface area (Å²) in [5.74, 6) is 0.0169. The normalized spacial score (nSPS) is 15.2. The van der Waals surface area contributed by atoms with Gasteiger partial charge in [-0.3, -0.25) is 9.48 Å². The van der Waals surface area contributed by atoms with Crippen molar-refractivity contribution in [1.29, 1.82) is 0 Å². The Morgan fingerprint density at radius 1 is 1.20 bits per heavy atom. The molecule has 0 N–H and O–H groups in total. The number of carbonyl (C=O) groups is 1. The van der Waals surface area contributed by atoms with Gasteiger partial charge in [0.1, 0.15) is 5.15 Å². The third kappa shape index (κ3) is 3.87. The number of hydrogen-bond acceptors (Lipinski definition) is 3. The van der Waals surface area contributed by atoms with Gasteiger partial charge in [0, 0.05) is 50.6 Å². The molecule has 25 heavy (non-hydrogen) atoms. The van der Waals surface area contributed by atoms with E-state index in [9.17, 15) is 4.79 Å². The SMILES string of the molecule is Cc1cccc(N2CCN(C(=O)/C=C/c3c(C)nn(C)c3Cl)CC2)c1. The fourth-order valence-corrected chi connectivity index (χ4v) is 3.34. The predicted octanol–water partition coefficient (Wildman–Crippen LogP) is 3.05. The highest BCUT2D eigenvalue weighted by molar-refractivity contribution is 6.31. The van der Waals surface area contributed by atoms with Gasteiger partial charge in [0.15, 0.2) is 0 Å². The van der Waals surface area contributed by atoms with Crippen molar-refractivity contribution >= 4 is 29.3 Å². The van der Waals surface area contributed by atoms with Gasteiger partial charge in [0.05, 0.1) is 5.69 Å². The highest BCUT2D eigenvalue weighted by atomic mass is 35.5. The van der Waals surface area contributed by atoms with Crippen LogP contribution in [0.1, 0.15) is 16.8 Å². The highest BCUT2D eigenvalue weighted by Gasteiger charge is 2.20. The van der Waals surface area contributed by atoms with Crippen LogP contribution in [0.25, 0.3) is 6.08 Å². The van der Waals surface area contributed by atoms with Crippen LogP contribution in [0, 0.1) is 13.8 Å². The summed E-state index contributed by atoms with van der Waals surface area (Å²) in [6.45, 7) is 7.11. The molecule has 0 spiro atoms. The van der Waals surface area contributed by atoms with Crippen molar-refractivity contribution in [2.24, 2.45) is 7.05 Å². The lowest BCUT2D eigenvalue weighted by Crippen LogP contribution is -2.48. The van der Waals surface area contributed by atoms with Crippen LogP contribution in [0.5, 0.6) is 0 Å². The molecule has 1 aliphatic rings. The first-order chi connectivity index (χ1) is 12.0. The van der Waals surface area contributed by atoms with Gasteiger partial charge in [-0.15, -0.1) is 0 Å². The van der Waals surface area contributed by atoms with E-state index in [1.807, 2.05) is 11.8 Å². The van der Waals surface area contributed by atoms with Crippen LogP contribution in [0.4, 0.5) is 5.69 Å². The molecule has 3 rings (SSSR count). The smallest absolute Gasteiger partial charge is 0.246 e. The Bertz CT molecular complexity index is 804. The van der Waals surface area contributed by atoms with Gasteiger partial charge in [-0.1, -0.05) is 23.7 Å². The minimum atomic E-state index is 0.0169. The molecule has 0 unspecified atom stereocenters. The van der Waals surface area contributed by atoms with Crippen LogP contribution in [0.15, 0.2) is 30.3 Å². The number of rotatable bonds is 3. The van der Waals surface area contributed by atoms with Crippen molar-refractivity contribution in [3.05, 3.63) is 52.3 Å². The Balaban J connectivity index is 1.61. The third-order valence-corrected chi connectivity index (χ3v) is 5.00. The number of amides is 1. The molecule has 1 saturated heterocycles. The van der Waals surface area contributed by atoms with Crippen molar-refractivity contribution < 1.29 is 4.79 Å². The maximum absolute atomic E-state index is 12.4. The van der Waals surface area contributed by atoms with Crippen LogP contribution in [0.3, 0.4) is 0 Å². The molecule has 0 aliphatic carbocycles. The van der Waals surface area contributed by atoms with Crippen LogP contribution in [0.2, 0.25) is 5.15 Å². The standard InChI is InChI=1S/C19H23ClN4O/c1-14-5-4-6-16(13-14)23-9-11-24(12-10-23)18(25)8-7-17-15(2)21-22(3)19(17)20/h4-8,13H,9-12H2,1-3H3/b8-7+. The zero-order valence-electron chi connectivity index (χ0n) is 14.9. The fraction of sp³-hybridized carbons (Fsp3) is 0.368. The Kier molecular flexibility index (Phi) is 5.13. The molecule has 132 valence electrons. The molecule has 0 atom stereocenters. The van der Waals surface area contributed by atoms with Crippen molar-refractivity contribution in [2.75, 3.05) is 31.1 Å².